The molecule has 2 heterocycles. The number of nitrogens with one attached hydrogen (secondary N) is 1. The Hall–Kier alpha value is -2.41. The van der Waals surface area contributed by atoms with Gasteiger partial charge in [0.25, 0.3) is 5.56 Å². The first-order valence-electron chi connectivity index (χ1n) is 8.05. The fourth-order valence-electron chi connectivity index (χ4n) is 2.99. The van der Waals surface area contributed by atoms with Crippen LogP contribution in [-0.2, 0) is 13.5 Å². The summed E-state index contributed by atoms with van der Waals surface area (Å²) in [6.07, 6.45) is 0.879. The van der Waals surface area contributed by atoms with Crippen LogP contribution in [0.3, 0.4) is 0 Å². The second-order valence-electron chi connectivity index (χ2n) is 6.06. The molecule has 0 saturated carbocycles. The molecule has 0 radical (unpaired) electrons. The Morgan fingerprint density at radius 1 is 1.08 bits per heavy atom. The zero-order valence-electron chi connectivity index (χ0n) is 13.7. The predicted octanol–water partition coefficient (Wildman–Crippen LogP) is 0.577. The van der Waals surface area contributed by atoms with Gasteiger partial charge in [0, 0.05) is 45.8 Å². The van der Waals surface area contributed by atoms with E-state index in [1.807, 2.05) is 12.1 Å². The zero-order chi connectivity index (χ0) is 17.1. The number of hydrogen-bond acceptors (Lipinski definition) is 4. The Balaban J connectivity index is 1.57. The summed E-state index contributed by atoms with van der Waals surface area (Å²) >= 11 is 0. The van der Waals surface area contributed by atoms with Gasteiger partial charge in [0.05, 0.1) is 0 Å². The molecule has 1 aliphatic rings. The summed E-state index contributed by atoms with van der Waals surface area (Å²) in [6.45, 7) is 4.17. The number of benzene rings is 1. The maximum Gasteiger partial charge on any atom is 0.329 e. The van der Waals surface area contributed by atoms with Crippen LogP contribution in [0.5, 0.6) is 0 Å². The van der Waals surface area contributed by atoms with Gasteiger partial charge in [-0.1, -0.05) is 12.1 Å². The molecule has 0 aliphatic carbocycles. The van der Waals surface area contributed by atoms with Crippen LogP contribution >= 0.6 is 0 Å². The van der Waals surface area contributed by atoms with Crippen molar-refractivity contribution in [1.82, 2.24) is 14.5 Å². The fourth-order valence-corrected chi connectivity index (χ4v) is 2.99. The van der Waals surface area contributed by atoms with Gasteiger partial charge in [-0.15, -0.1) is 0 Å². The molecule has 0 atom stereocenters. The number of rotatable bonds is 4. The van der Waals surface area contributed by atoms with Crippen molar-refractivity contribution in [3.8, 4) is 0 Å². The summed E-state index contributed by atoms with van der Waals surface area (Å²) in [6, 6.07) is 8.08. The summed E-state index contributed by atoms with van der Waals surface area (Å²) < 4.78 is 14.4. The van der Waals surface area contributed by atoms with Gasteiger partial charge in [-0.2, -0.15) is 0 Å². The molecule has 0 unspecified atom stereocenters. The molecule has 1 aromatic carbocycles. The minimum Gasteiger partial charge on any atom is -0.355 e. The molecule has 1 aromatic heterocycles. The number of hydrogen-bond donors (Lipinski definition) is 1. The van der Waals surface area contributed by atoms with Crippen LogP contribution in [0.25, 0.3) is 0 Å². The highest BCUT2D eigenvalue weighted by Gasteiger charge is 2.19. The molecule has 1 fully saturated rings. The molecule has 0 amide bonds. The van der Waals surface area contributed by atoms with Crippen LogP contribution in [0.4, 0.5) is 10.2 Å². The van der Waals surface area contributed by atoms with E-state index in [1.165, 1.54) is 22.8 Å². The third-order valence-electron chi connectivity index (χ3n) is 4.46. The van der Waals surface area contributed by atoms with E-state index < -0.39 is 5.69 Å². The van der Waals surface area contributed by atoms with Crippen molar-refractivity contribution < 1.29 is 4.39 Å². The lowest BCUT2D eigenvalue weighted by Crippen LogP contribution is -2.48. The highest BCUT2D eigenvalue weighted by atomic mass is 19.1. The number of H-pyrrole nitrogens is 1. The lowest BCUT2D eigenvalue weighted by Gasteiger charge is -2.36. The molecule has 1 N–H and O–H groups in total. The minimum absolute atomic E-state index is 0.212. The Labute approximate surface area is 139 Å². The summed E-state index contributed by atoms with van der Waals surface area (Å²) in [5.41, 5.74) is 0.360. The van der Waals surface area contributed by atoms with E-state index in [4.69, 9.17) is 0 Å². The quantitative estimate of drug-likeness (QED) is 0.890. The standard InChI is InChI=1S/C17H21FN4O2/c1-20-16(12-15(23)19-17(20)24)22-10-8-21(9-11-22)7-6-13-2-4-14(18)5-3-13/h2-5,12H,6-11H2,1H3,(H,19,23,24). The van der Waals surface area contributed by atoms with Gasteiger partial charge in [-0.25, -0.2) is 9.18 Å². The summed E-state index contributed by atoms with van der Waals surface area (Å²) in [5.74, 6) is 0.442. The average molecular weight is 332 g/mol. The molecule has 0 spiro atoms. The molecular formula is C17H21FN4O2. The van der Waals surface area contributed by atoms with Crippen LogP contribution in [0.2, 0.25) is 0 Å². The van der Waals surface area contributed by atoms with Crippen molar-refractivity contribution in [2.75, 3.05) is 37.6 Å². The normalized spacial score (nSPS) is 15.7. The minimum atomic E-state index is -0.392. The van der Waals surface area contributed by atoms with Crippen LogP contribution in [0, 0.1) is 5.82 Å². The van der Waals surface area contributed by atoms with E-state index in [9.17, 15) is 14.0 Å². The van der Waals surface area contributed by atoms with Crippen molar-refractivity contribution in [1.29, 1.82) is 0 Å². The zero-order valence-corrected chi connectivity index (χ0v) is 13.7. The van der Waals surface area contributed by atoms with Gasteiger partial charge in [0.2, 0.25) is 0 Å². The van der Waals surface area contributed by atoms with Crippen molar-refractivity contribution in [3.63, 3.8) is 0 Å². The van der Waals surface area contributed by atoms with Gasteiger partial charge in [0.15, 0.2) is 0 Å². The first-order valence-corrected chi connectivity index (χ1v) is 8.05. The smallest absolute Gasteiger partial charge is 0.329 e. The van der Waals surface area contributed by atoms with Crippen molar-refractivity contribution in [2.24, 2.45) is 7.05 Å². The average Bonchev–Trinajstić information content (AvgIpc) is 2.58. The Morgan fingerprint density at radius 3 is 2.42 bits per heavy atom. The number of aromatic nitrogens is 2. The molecule has 6 nitrogen and oxygen atoms in total. The van der Waals surface area contributed by atoms with Gasteiger partial charge in [-0.3, -0.25) is 19.2 Å². The molecule has 128 valence electrons. The third kappa shape index (κ3) is 3.73. The number of aromatic amines is 1. The van der Waals surface area contributed by atoms with Crippen LogP contribution < -0.4 is 16.1 Å². The highest BCUT2D eigenvalue weighted by Crippen LogP contribution is 2.13. The number of piperazine rings is 1. The van der Waals surface area contributed by atoms with Gasteiger partial charge < -0.3 is 4.90 Å². The third-order valence-corrected chi connectivity index (χ3v) is 4.46. The summed E-state index contributed by atoms with van der Waals surface area (Å²) in [7, 11) is 1.66. The second kappa shape index (κ2) is 7.00. The van der Waals surface area contributed by atoms with Crippen LogP contribution in [0.15, 0.2) is 39.9 Å². The second-order valence-corrected chi connectivity index (χ2v) is 6.06. The van der Waals surface area contributed by atoms with Crippen molar-refractivity contribution in [2.45, 2.75) is 6.42 Å². The molecular weight excluding hydrogens is 311 g/mol. The van der Waals surface area contributed by atoms with Gasteiger partial charge >= 0.3 is 5.69 Å². The van der Waals surface area contributed by atoms with Crippen LogP contribution in [-0.4, -0.2) is 47.2 Å². The van der Waals surface area contributed by atoms with Gasteiger partial charge in [0.1, 0.15) is 11.6 Å². The van der Waals surface area contributed by atoms with E-state index in [-0.39, 0.29) is 11.4 Å². The van der Waals surface area contributed by atoms with Gasteiger partial charge in [-0.05, 0) is 24.1 Å². The fraction of sp³-hybridized carbons (Fsp3) is 0.412. The molecule has 24 heavy (non-hydrogen) atoms. The van der Waals surface area contributed by atoms with E-state index in [0.717, 1.165) is 44.7 Å². The van der Waals surface area contributed by atoms with Crippen molar-refractivity contribution in [3.05, 3.63) is 62.6 Å². The lowest BCUT2D eigenvalue weighted by atomic mass is 10.1. The van der Waals surface area contributed by atoms with Crippen molar-refractivity contribution >= 4 is 5.82 Å². The largest absolute Gasteiger partial charge is 0.355 e. The number of nitrogens with zero attached hydrogens (tertiary/aromatic N) is 3. The Morgan fingerprint density at radius 2 is 1.75 bits per heavy atom. The maximum absolute atomic E-state index is 12.9. The lowest BCUT2D eigenvalue weighted by molar-refractivity contribution is 0.259. The Bertz CT molecular complexity index is 805. The molecule has 2 aromatic rings. The molecule has 0 bridgehead atoms. The predicted molar refractivity (Wildman–Crippen MR) is 91.1 cm³/mol. The molecule has 1 aliphatic heterocycles. The summed E-state index contributed by atoms with van der Waals surface area (Å²) in [4.78, 5) is 29.9. The van der Waals surface area contributed by atoms with E-state index in [1.54, 1.807) is 7.05 Å². The number of anilines is 1. The molecule has 3 rings (SSSR count). The maximum atomic E-state index is 12.9. The molecule has 7 heteroatoms. The van der Waals surface area contributed by atoms with E-state index in [0.29, 0.717) is 5.82 Å². The highest BCUT2D eigenvalue weighted by molar-refractivity contribution is 5.38. The van der Waals surface area contributed by atoms with E-state index >= 15 is 0 Å². The summed E-state index contributed by atoms with van der Waals surface area (Å²) in [5, 5.41) is 0. The monoisotopic (exact) mass is 332 g/mol. The number of halogens is 1. The first kappa shape index (κ1) is 16.4. The topological polar surface area (TPSA) is 61.3 Å². The van der Waals surface area contributed by atoms with E-state index in [2.05, 4.69) is 14.8 Å². The SMILES string of the molecule is Cn1c(N2CCN(CCc3ccc(F)cc3)CC2)cc(=O)[nH]c1=O. The van der Waals surface area contributed by atoms with Crippen LogP contribution in [0.1, 0.15) is 5.56 Å². The molecule has 1 saturated heterocycles. The first-order chi connectivity index (χ1) is 11.5. The Kier molecular flexibility index (Phi) is 4.80.